The summed E-state index contributed by atoms with van der Waals surface area (Å²) in [5.74, 6) is 0.992. The Labute approximate surface area is 120 Å². The van der Waals surface area contributed by atoms with Crippen molar-refractivity contribution in [3.05, 3.63) is 0 Å². The van der Waals surface area contributed by atoms with E-state index in [0.717, 1.165) is 6.42 Å². The molecule has 1 saturated carbocycles. The summed E-state index contributed by atoms with van der Waals surface area (Å²) >= 11 is 0. The number of ketones is 1. The van der Waals surface area contributed by atoms with Gasteiger partial charge in [-0.25, -0.2) is 0 Å². The number of hydrogen-bond acceptors (Lipinski definition) is 1. The Bertz CT molecular complexity index is 222. The minimum atomic E-state index is 0.461. The van der Waals surface area contributed by atoms with Crippen LogP contribution in [-0.4, -0.2) is 5.78 Å². The van der Waals surface area contributed by atoms with Crippen molar-refractivity contribution in [2.24, 2.45) is 5.92 Å². The van der Waals surface area contributed by atoms with Gasteiger partial charge in [0.15, 0.2) is 0 Å². The normalized spacial score (nSPS) is 18.6. The van der Waals surface area contributed by atoms with Crippen LogP contribution in [0.25, 0.3) is 0 Å². The van der Waals surface area contributed by atoms with Crippen molar-refractivity contribution in [3.8, 4) is 0 Å². The van der Waals surface area contributed by atoms with Crippen LogP contribution in [0.1, 0.15) is 103 Å². The lowest BCUT2D eigenvalue weighted by molar-refractivity contribution is -0.129. The molecule has 19 heavy (non-hydrogen) atoms. The molecule has 1 rings (SSSR count). The highest BCUT2D eigenvalue weighted by Gasteiger charge is 2.26. The summed E-state index contributed by atoms with van der Waals surface area (Å²) in [6, 6.07) is 0. The van der Waals surface area contributed by atoms with E-state index in [1.54, 1.807) is 0 Å². The molecule has 0 aromatic rings. The third-order valence-electron chi connectivity index (χ3n) is 4.60. The zero-order valence-corrected chi connectivity index (χ0v) is 13.1. The fraction of sp³-hybridized carbons (Fsp3) is 0.944. The molecule has 0 bridgehead atoms. The summed E-state index contributed by atoms with van der Waals surface area (Å²) in [7, 11) is 0. The van der Waals surface area contributed by atoms with Gasteiger partial charge in [-0.3, -0.25) is 4.79 Å². The van der Waals surface area contributed by atoms with E-state index in [-0.39, 0.29) is 0 Å². The smallest absolute Gasteiger partial charge is 0.136 e. The lowest BCUT2D eigenvalue weighted by Crippen LogP contribution is -2.25. The quantitative estimate of drug-likeness (QED) is 0.370. The van der Waals surface area contributed by atoms with Crippen LogP contribution < -0.4 is 0 Å². The van der Waals surface area contributed by atoms with E-state index >= 15 is 0 Å². The molecule has 0 N–H and O–H groups in total. The highest BCUT2D eigenvalue weighted by Crippen LogP contribution is 2.27. The van der Waals surface area contributed by atoms with Crippen molar-refractivity contribution in [2.45, 2.75) is 103 Å². The zero-order chi connectivity index (χ0) is 13.8. The molecule has 1 aliphatic rings. The molecule has 1 heteroatoms. The SMILES string of the molecule is CCCCCCCCCCCCCC[C@@H]1CCC1=O. The average molecular weight is 266 g/mol. The summed E-state index contributed by atoms with van der Waals surface area (Å²) in [4.78, 5) is 11.2. The fourth-order valence-electron chi connectivity index (χ4n) is 3.00. The van der Waals surface area contributed by atoms with E-state index in [1.807, 2.05) is 0 Å². The summed E-state index contributed by atoms with van der Waals surface area (Å²) in [5.41, 5.74) is 0. The van der Waals surface area contributed by atoms with E-state index in [1.165, 1.54) is 89.9 Å². The Morgan fingerprint density at radius 2 is 1.26 bits per heavy atom. The van der Waals surface area contributed by atoms with E-state index in [9.17, 15) is 4.79 Å². The Balaban J connectivity index is 1.68. The van der Waals surface area contributed by atoms with Crippen LogP contribution in [0.15, 0.2) is 0 Å². The molecule has 0 amide bonds. The Hall–Kier alpha value is -0.330. The van der Waals surface area contributed by atoms with Crippen molar-refractivity contribution >= 4 is 5.78 Å². The van der Waals surface area contributed by atoms with Gasteiger partial charge in [0.1, 0.15) is 5.78 Å². The van der Waals surface area contributed by atoms with Gasteiger partial charge in [-0.1, -0.05) is 84.0 Å². The molecule has 1 atom stereocenters. The first-order chi connectivity index (χ1) is 9.34. The summed E-state index contributed by atoms with van der Waals surface area (Å²) in [6.07, 6.45) is 20.1. The van der Waals surface area contributed by atoms with Crippen LogP contribution >= 0.6 is 0 Å². The molecular weight excluding hydrogens is 232 g/mol. The standard InChI is InChI=1S/C18H34O/c1-2-3-4-5-6-7-8-9-10-11-12-13-14-17-15-16-18(17)19/h17H,2-16H2,1H3/t17-/m1/s1. The molecule has 0 heterocycles. The van der Waals surface area contributed by atoms with E-state index < -0.39 is 0 Å². The second-order valence-corrected chi connectivity index (χ2v) is 6.38. The minimum absolute atomic E-state index is 0.461. The molecule has 112 valence electrons. The van der Waals surface area contributed by atoms with Gasteiger partial charge in [0, 0.05) is 12.3 Å². The molecule has 0 aromatic heterocycles. The molecule has 0 aliphatic heterocycles. The average Bonchev–Trinajstić information content (AvgIpc) is 2.42. The summed E-state index contributed by atoms with van der Waals surface area (Å²) in [5, 5.41) is 0. The van der Waals surface area contributed by atoms with Gasteiger partial charge in [-0.2, -0.15) is 0 Å². The van der Waals surface area contributed by atoms with Crippen molar-refractivity contribution in [1.82, 2.24) is 0 Å². The first-order valence-electron chi connectivity index (χ1n) is 8.87. The Morgan fingerprint density at radius 1 is 0.789 bits per heavy atom. The van der Waals surface area contributed by atoms with Crippen LogP contribution in [0.2, 0.25) is 0 Å². The number of carbonyl (C=O) groups excluding carboxylic acids is 1. The van der Waals surface area contributed by atoms with E-state index in [0.29, 0.717) is 11.7 Å². The highest BCUT2D eigenvalue weighted by molar-refractivity contribution is 5.86. The number of Topliss-reactive ketones (excluding diaryl/α,β-unsaturated/α-hetero) is 1. The third-order valence-corrected chi connectivity index (χ3v) is 4.60. The zero-order valence-electron chi connectivity index (χ0n) is 13.1. The third kappa shape index (κ3) is 8.44. The van der Waals surface area contributed by atoms with Crippen LogP contribution in [0.5, 0.6) is 0 Å². The maximum atomic E-state index is 11.2. The van der Waals surface area contributed by atoms with Crippen molar-refractivity contribution < 1.29 is 4.79 Å². The number of unbranched alkanes of at least 4 members (excludes halogenated alkanes) is 11. The van der Waals surface area contributed by atoms with Crippen molar-refractivity contribution in [1.29, 1.82) is 0 Å². The fourth-order valence-corrected chi connectivity index (χ4v) is 3.00. The first-order valence-corrected chi connectivity index (χ1v) is 8.87. The van der Waals surface area contributed by atoms with Crippen molar-refractivity contribution in [3.63, 3.8) is 0 Å². The van der Waals surface area contributed by atoms with Gasteiger partial charge in [0.05, 0.1) is 0 Å². The summed E-state index contributed by atoms with van der Waals surface area (Å²) in [6.45, 7) is 2.28. The highest BCUT2D eigenvalue weighted by atomic mass is 16.1. The van der Waals surface area contributed by atoms with Crippen LogP contribution in [-0.2, 0) is 4.79 Å². The predicted molar refractivity (Wildman–Crippen MR) is 83.4 cm³/mol. The lowest BCUT2D eigenvalue weighted by Gasteiger charge is -2.23. The monoisotopic (exact) mass is 266 g/mol. The molecule has 0 unspecified atom stereocenters. The molecule has 1 aliphatic carbocycles. The molecule has 0 aromatic carbocycles. The Morgan fingerprint density at radius 3 is 1.63 bits per heavy atom. The number of carbonyl (C=O) groups is 1. The second kappa shape index (κ2) is 11.5. The van der Waals surface area contributed by atoms with Crippen molar-refractivity contribution in [2.75, 3.05) is 0 Å². The molecule has 0 saturated heterocycles. The number of hydrogen-bond donors (Lipinski definition) is 0. The Kier molecular flexibility index (Phi) is 10.1. The maximum absolute atomic E-state index is 11.2. The van der Waals surface area contributed by atoms with E-state index in [2.05, 4.69) is 6.92 Å². The lowest BCUT2D eigenvalue weighted by atomic mass is 9.80. The van der Waals surface area contributed by atoms with E-state index in [4.69, 9.17) is 0 Å². The molecule has 1 nitrogen and oxygen atoms in total. The maximum Gasteiger partial charge on any atom is 0.136 e. The first kappa shape index (κ1) is 16.7. The topological polar surface area (TPSA) is 17.1 Å². The van der Waals surface area contributed by atoms with Crippen LogP contribution in [0, 0.1) is 5.92 Å². The number of rotatable bonds is 13. The largest absolute Gasteiger partial charge is 0.299 e. The van der Waals surface area contributed by atoms with Gasteiger partial charge in [0.2, 0.25) is 0 Å². The second-order valence-electron chi connectivity index (χ2n) is 6.38. The van der Waals surface area contributed by atoms with Gasteiger partial charge >= 0.3 is 0 Å². The van der Waals surface area contributed by atoms with Crippen LogP contribution in [0.4, 0.5) is 0 Å². The van der Waals surface area contributed by atoms with Gasteiger partial charge in [-0.05, 0) is 12.8 Å². The van der Waals surface area contributed by atoms with Crippen LogP contribution in [0.3, 0.4) is 0 Å². The molecular formula is C18H34O. The molecule has 1 fully saturated rings. The minimum Gasteiger partial charge on any atom is -0.299 e. The molecule has 0 radical (unpaired) electrons. The molecule has 0 spiro atoms. The predicted octanol–water partition coefficient (Wildman–Crippen LogP) is 6.06. The van der Waals surface area contributed by atoms with Gasteiger partial charge in [0.25, 0.3) is 0 Å². The van der Waals surface area contributed by atoms with Gasteiger partial charge < -0.3 is 0 Å². The summed E-state index contributed by atoms with van der Waals surface area (Å²) < 4.78 is 0. The van der Waals surface area contributed by atoms with Gasteiger partial charge in [-0.15, -0.1) is 0 Å².